The summed E-state index contributed by atoms with van der Waals surface area (Å²) in [5.41, 5.74) is 1.31. The highest BCUT2D eigenvalue weighted by atomic mass is 16.2. The number of fused-ring (bicyclic) bond motifs is 2. The maximum atomic E-state index is 13.0. The first-order valence-corrected chi connectivity index (χ1v) is 9.19. The van der Waals surface area contributed by atoms with E-state index in [2.05, 4.69) is 22.3 Å². The Labute approximate surface area is 152 Å². The van der Waals surface area contributed by atoms with Crippen LogP contribution >= 0.6 is 0 Å². The SMILES string of the molecule is CCC[C@@H]1N(C(=O)CCn2cncn2)CC[C@]12C(=O)Nc1ccccc12. The first-order valence-electron chi connectivity index (χ1n) is 9.19. The van der Waals surface area contributed by atoms with Gasteiger partial charge in [0.05, 0.1) is 18.0 Å². The van der Waals surface area contributed by atoms with E-state index in [0.29, 0.717) is 25.9 Å². The van der Waals surface area contributed by atoms with Crippen molar-refractivity contribution in [1.82, 2.24) is 19.7 Å². The van der Waals surface area contributed by atoms with Gasteiger partial charge >= 0.3 is 0 Å². The molecule has 2 aromatic rings. The van der Waals surface area contributed by atoms with Gasteiger partial charge in [-0.2, -0.15) is 5.10 Å². The summed E-state index contributed by atoms with van der Waals surface area (Å²) in [6, 6.07) is 7.78. The Morgan fingerprint density at radius 1 is 1.38 bits per heavy atom. The van der Waals surface area contributed by atoms with E-state index < -0.39 is 5.41 Å². The van der Waals surface area contributed by atoms with Gasteiger partial charge in [-0.15, -0.1) is 0 Å². The summed E-state index contributed by atoms with van der Waals surface area (Å²) in [4.78, 5) is 31.7. The van der Waals surface area contributed by atoms with E-state index >= 15 is 0 Å². The molecule has 7 heteroatoms. The normalized spacial score (nSPS) is 24.1. The summed E-state index contributed by atoms with van der Waals surface area (Å²) in [5.74, 6) is 0.108. The zero-order valence-corrected chi connectivity index (χ0v) is 14.9. The minimum Gasteiger partial charge on any atom is -0.338 e. The predicted molar refractivity (Wildman–Crippen MR) is 96.4 cm³/mol. The fraction of sp³-hybridized carbons (Fsp3) is 0.474. The monoisotopic (exact) mass is 353 g/mol. The van der Waals surface area contributed by atoms with Gasteiger partial charge in [-0.05, 0) is 24.5 Å². The zero-order chi connectivity index (χ0) is 18.1. The summed E-state index contributed by atoms with van der Waals surface area (Å²) in [7, 11) is 0. The number of nitrogens with zero attached hydrogens (tertiary/aromatic N) is 4. The van der Waals surface area contributed by atoms with E-state index in [0.717, 1.165) is 24.1 Å². The minimum atomic E-state index is -0.616. The molecular formula is C19H23N5O2. The third-order valence-corrected chi connectivity index (χ3v) is 5.66. The molecule has 136 valence electrons. The van der Waals surface area contributed by atoms with Gasteiger partial charge in [-0.3, -0.25) is 14.3 Å². The number of aromatic nitrogens is 3. The first-order chi connectivity index (χ1) is 12.7. The molecule has 1 aromatic carbocycles. The van der Waals surface area contributed by atoms with Crippen LogP contribution in [-0.4, -0.2) is 44.1 Å². The van der Waals surface area contributed by atoms with Gasteiger partial charge in [0, 0.05) is 18.7 Å². The van der Waals surface area contributed by atoms with Gasteiger partial charge in [0.2, 0.25) is 11.8 Å². The lowest BCUT2D eigenvalue weighted by atomic mass is 9.73. The Morgan fingerprint density at radius 2 is 2.23 bits per heavy atom. The second-order valence-electron chi connectivity index (χ2n) is 7.02. The third kappa shape index (κ3) is 2.50. The molecule has 1 spiro atoms. The minimum absolute atomic E-state index is 0.0312. The molecule has 2 amide bonds. The largest absolute Gasteiger partial charge is 0.338 e. The number of hydrogen-bond donors (Lipinski definition) is 1. The summed E-state index contributed by atoms with van der Waals surface area (Å²) < 4.78 is 1.66. The third-order valence-electron chi connectivity index (χ3n) is 5.66. The lowest BCUT2D eigenvalue weighted by molar-refractivity contribution is -0.133. The quantitative estimate of drug-likeness (QED) is 0.891. The number of para-hydroxylation sites is 1. The number of hydrogen-bond acceptors (Lipinski definition) is 4. The summed E-state index contributed by atoms with van der Waals surface area (Å²) in [6.07, 6.45) is 5.86. The second-order valence-corrected chi connectivity index (χ2v) is 7.02. The van der Waals surface area contributed by atoms with Crippen molar-refractivity contribution < 1.29 is 9.59 Å². The lowest BCUT2D eigenvalue weighted by Crippen LogP contribution is -2.48. The van der Waals surface area contributed by atoms with Gasteiger partial charge in [0.25, 0.3) is 0 Å². The van der Waals surface area contributed by atoms with E-state index in [1.54, 1.807) is 11.0 Å². The number of amides is 2. The Kier molecular flexibility index (Phi) is 4.22. The van der Waals surface area contributed by atoms with Crippen molar-refractivity contribution in [1.29, 1.82) is 0 Å². The van der Waals surface area contributed by atoms with E-state index in [4.69, 9.17) is 0 Å². The van der Waals surface area contributed by atoms with Crippen LogP contribution in [0.3, 0.4) is 0 Å². The summed E-state index contributed by atoms with van der Waals surface area (Å²) >= 11 is 0. The number of likely N-dealkylation sites (tertiary alicyclic amines) is 1. The van der Waals surface area contributed by atoms with Crippen LogP contribution in [0.25, 0.3) is 0 Å². The first kappa shape index (κ1) is 16.8. The van der Waals surface area contributed by atoms with Crippen LogP contribution in [0.4, 0.5) is 5.69 Å². The maximum absolute atomic E-state index is 13.0. The highest BCUT2D eigenvalue weighted by Gasteiger charge is 2.58. The van der Waals surface area contributed by atoms with Crippen LogP contribution in [0.1, 0.15) is 38.2 Å². The fourth-order valence-electron chi connectivity index (χ4n) is 4.48. The Hall–Kier alpha value is -2.70. The Balaban J connectivity index is 1.60. The molecule has 0 unspecified atom stereocenters. The number of rotatable bonds is 5. The van der Waals surface area contributed by atoms with Gasteiger partial charge in [0.15, 0.2) is 0 Å². The topological polar surface area (TPSA) is 80.1 Å². The molecule has 2 aliphatic heterocycles. The van der Waals surface area contributed by atoms with E-state index in [9.17, 15) is 9.59 Å². The van der Waals surface area contributed by atoms with E-state index in [-0.39, 0.29) is 17.9 Å². The van der Waals surface area contributed by atoms with Crippen molar-refractivity contribution in [3.8, 4) is 0 Å². The average molecular weight is 353 g/mol. The maximum Gasteiger partial charge on any atom is 0.237 e. The van der Waals surface area contributed by atoms with Gasteiger partial charge in [-0.25, -0.2) is 4.98 Å². The van der Waals surface area contributed by atoms with Crippen LogP contribution in [-0.2, 0) is 21.5 Å². The van der Waals surface area contributed by atoms with Crippen LogP contribution < -0.4 is 5.32 Å². The molecule has 2 aliphatic rings. The van der Waals surface area contributed by atoms with Gasteiger partial charge in [-0.1, -0.05) is 31.5 Å². The molecule has 0 bridgehead atoms. The second kappa shape index (κ2) is 6.55. The molecule has 0 radical (unpaired) electrons. The van der Waals surface area contributed by atoms with Crippen LogP contribution in [0.15, 0.2) is 36.9 Å². The van der Waals surface area contributed by atoms with E-state index in [1.165, 1.54) is 6.33 Å². The number of carbonyl (C=O) groups is 2. The molecule has 3 heterocycles. The predicted octanol–water partition coefficient (Wildman–Crippen LogP) is 1.96. The molecule has 0 aliphatic carbocycles. The number of aryl methyl sites for hydroxylation is 1. The van der Waals surface area contributed by atoms with Crippen molar-refractivity contribution in [2.24, 2.45) is 0 Å². The van der Waals surface area contributed by atoms with Crippen molar-refractivity contribution in [2.45, 2.75) is 50.6 Å². The molecular weight excluding hydrogens is 330 g/mol. The van der Waals surface area contributed by atoms with Gasteiger partial charge in [0.1, 0.15) is 12.7 Å². The standard InChI is InChI=1S/C19H23N5O2/c1-2-5-16-19(14-6-3-4-7-15(14)22-18(19)26)9-11-24(16)17(25)8-10-23-13-20-12-21-23/h3-4,6-7,12-13,16H,2,5,8-11H2,1H3,(H,22,26)/t16-,19+/m0/s1. The summed E-state index contributed by atoms with van der Waals surface area (Å²) in [6.45, 7) is 3.22. The highest BCUT2D eigenvalue weighted by Crippen LogP contribution is 2.49. The molecule has 1 saturated heterocycles. The number of benzene rings is 1. The van der Waals surface area contributed by atoms with Crippen molar-refractivity contribution in [3.63, 3.8) is 0 Å². The molecule has 1 aromatic heterocycles. The zero-order valence-electron chi connectivity index (χ0n) is 14.9. The Morgan fingerprint density at radius 3 is 3.00 bits per heavy atom. The van der Waals surface area contributed by atoms with Crippen LogP contribution in [0, 0.1) is 0 Å². The summed E-state index contributed by atoms with van der Waals surface area (Å²) in [5, 5.41) is 7.09. The molecule has 1 fully saturated rings. The number of nitrogens with one attached hydrogen (secondary N) is 1. The molecule has 1 N–H and O–H groups in total. The highest BCUT2D eigenvalue weighted by molar-refractivity contribution is 6.07. The van der Waals surface area contributed by atoms with Crippen LogP contribution in [0.2, 0.25) is 0 Å². The van der Waals surface area contributed by atoms with Crippen molar-refractivity contribution in [3.05, 3.63) is 42.5 Å². The molecule has 4 rings (SSSR count). The molecule has 0 saturated carbocycles. The molecule has 7 nitrogen and oxygen atoms in total. The average Bonchev–Trinajstić information content (AvgIpc) is 3.35. The number of carbonyl (C=O) groups excluding carboxylic acids is 2. The molecule has 26 heavy (non-hydrogen) atoms. The van der Waals surface area contributed by atoms with Crippen molar-refractivity contribution in [2.75, 3.05) is 11.9 Å². The van der Waals surface area contributed by atoms with Gasteiger partial charge < -0.3 is 10.2 Å². The smallest absolute Gasteiger partial charge is 0.237 e. The van der Waals surface area contributed by atoms with Crippen LogP contribution in [0.5, 0.6) is 0 Å². The van der Waals surface area contributed by atoms with E-state index in [1.807, 2.05) is 29.2 Å². The lowest BCUT2D eigenvalue weighted by Gasteiger charge is -2.34. The molecule has 2 atom stereocenters. The fourth-order valence-corrected chi connectivity index (χ4v) is 4.48. The van der Waals surface area contributed by atoms with Crippen molar-refractivity contribution >= 4 is 17.5 Å². The number of anilines is 1. The Bertz CT molecular complexity index is 819.